The molecule has 0 radical (unpaired) electrons. The molecule has 90 valence electrons. The van der Waals surface area contributed by atoms with Crippen molar-refractivity contribution in [3.63, 3.8) is 0 Å². The first kappa shape index (κ1) is 14.0. The van der Waals surface area contributed by atoms with Crippen LogP contribution in [0.4, 0.5) is 0 Å². The number of rotatable bonds is 8. The number of alkyl halides is 2. The zero-order valence-electron chi connectivity index (χ0n) is 9.31. The molecule has 1 atom stereocenters. The first-order valence-electron chi connectivity index (χ1n) is 5.54. The Morgan fingerprint density at radius 1 is 1.40 bits per heavy atom. The molecule has 0 aromatic heterocycles. The molecule has 0 N–H and O–H groups in total. The molecule has 0 saturated heterocycles. The van der Waals surface area contributed by atoms with Crippen molar-refractivity contribution in [3.8, 4) is 0 Å². The third-order valence-corrected chi connectivity index (χ3v) is 5.00. The minimum absolute atomic E-state index is 0.193. The fourth-order valence-corrected chi connectivity index (χ4v) is 2.35. The second kappa shape index (κ2) is 7.30. The van der Waals surface area contributed by atoms with Crippen LogP contribution in [0.25, 0.3) is 0 Å². The van der Waals surface area contributed by atoms with E-state index in [9.17, 15) is 0 Å². The molecule has 0 aliphatic heterocycles. The maximum absolute atomic E-state index is 5.83. The van der Waals surface area contributed by atoms with Crippen LogP contribution in [0.2, 0.25) is 0 Å². The molecule has 1 aliphatic carbocycles. The molecular formula is C11H20ClIO2. The van der Waals surface area contributed by atoms with Crippen molar-refractivity contribution in [3.05, 3.63) is 0 Å². The van der Waals surface area contributed by atoms with Gasteiger partial charge in [0.1, 0.15) is 0 Å². The average molecular weight is 347 g/mol. The van der Waals surface area contributed by atoms with Crippen molar-refractivity contribution in [2.24, 2.45) is 5.92 Å². The largest absolute Gasteiger partial charge is 0.379 e. The summed E-state index contributed by atoms with van der Waals surface area (Å²) in [6.07, 6.45) is 4.06. The van der Waals surface area contributed by atoms with Crippen LogP contribution in [-0.4, -0.2) is 35.7 Å². The number of hydrogen-bond acceptors (Lipinski definition) is 2. The van der Waals surface area contributed by atoms with Gasteiger partial charge >= 0.3 is 0 Å². The number of ether oxygens (including phenoxy) is 2. The first-order chi connectivity index (χ1) is 7.20. The smallest absolute Gasteiger partial charge is 0.0879 e. The molecule has 1 fully saturated rings. The lowest BCUT2D eigenvalue weighted by atomic mass is 9.86. The molecule has 1 rings (SSSR count). The highest BCUT2D eigenvalue weighted by Gasteiger charge is 2.22. The van der Waals surface area contributed by atoms with E-state index in [0.717, 1.165) is 17.0 Å². The summed E-state index contributed by atoms with van der Waals surface area (Å²) in [5.41, 5.74) is -0.193. The lowest BCUT2D eigenvalue weighted by Crippen LogP contribution is -2.34. The Balaban J connectivity index is 1.95. The monoisotopic (exact) mass is 346 g/mol. The van der Waals surface area contributed by atoms with E-state index < -0.39 is 0 Å². The Bertz CT molecular complexity index is 170. The van der Waals surface area contributed by atoms with Crippen molar-refractivity contribution in [1.82, 2.24) is 0 Å². The molecular weight excluding hydrogens is 326 g/mol. The van der Waals surface area contributed by atoms with E-state index in [1.54, 1.807) is 0 Å². The summed E-state index contributed by atoms with van der Waals surface area (Å²) in [7, 11) is 0. The number of halogens is 2. The van der Waals surface area contributed by atoms with Crippen molar-refractivity contribution in [1.29, 1.82) is 0 Å². The summed E-state index contributed by atoms with van der Waals surface area (Å²) in [6.45, 7) is 4.29. The molecule has 15 heavy (non-hydrogen) atoms. The molecule has 0 heterocycles. The standard InChI is InChI=1S/C11H20ClIO2/c1-11(8-12,9-13)15-6-5-14-7-10-3-2-4-10/h10H,2-9H2,1H3. The van der Waals surface area contributed by atoms with E-state index in [-0.39, 0.29) is 5.60 Å². The van der Waals surface area contributed by atoms with Crippen molar-refractivity contribution in [2.75, 3.05) is 30.1 Å². The number of hydrogen-bond donors (Lipinski definition) is 0. The molecule has 1 unspecified atom stereocenters. The maximum Gasteiger partial charge on any atom is 0.0879 e. The van der Waals surface area contributed by atoms with Crippen LogP contribution in [-0.2, 0) is 9.47 Å². The van der Waals surface area contributed by atoms with Crippen LogP contribution >= 0.6 is 34.2 Å². The Morgan fingerprint density at radius 2 is 2.13 bits per heavy atom. The van der Waals surface area contributed by atoms with E-state index in [0.29, 0.717) is 19.1 Å². The van der Waals surface area contributed by atoms with Gasteiger partial charge in [0.15, 0.2) is 0 Å². The maximum atomic E-state index is 5.83. The van der Waals surface area contributed by atoms with Crippen LogP contribution in [0.3, 0.4) is 0 Å². The highest BCUT2D eigenvalue weighted by atomic mass is 127. The lowest BCUT2D eigenvalue weighted by molar-refractivity contribution is -0.0374. The third kappa shape index (κ3) is 5.20. The minimum Gasteiger partial charge on any atom is -0.379 e. The fraction of sp³-hybridized carbons (Fsp3) is 1.00. The normalized spacial score (nSPS) is 21.0. The highest BCUT2D eigenvalue weighted by molar-refractivity contribution is 14.1. The molecule has 0 bridgehead atoms. The van der Waals surface area contributed by atoms with Gasteiger partial charge < -0.3 is 9.47 Å². The van der Waals surface area contributed by atoms with Gasteiger partial charge in [-0.1, -0.05) is 29.0 Å². The van der Waals surface area contributed by atoms with Gasteiger partial charge in [0, 0.05) is 11.0 Å². The summed E-state index contributed by atoms with van der Waals surface area (Å²) < 4.78 is 12.2. The second-order valence-electron chi connectivity index (χ2n) is 4.44. The van der Waals surface area contributed by atoms with Gasteiger partial charge in [0.25, 0.3) is 0 Å². The predicted molar refractivity (Wildman–Crippen MR) is 72.1 cm³/mol. The summed E-state index contributed by atoms with van der Waals surface area (Å²) >= 11 is 8.14. The van der Waals surface area contributed by atoms with Crippen molar-refractivity contribution < 1.29 is 9.47 Å². The van der Waals surface area contributed by atoms with Gasteiger partial charge in [-0.3, -0.25) is 0 Å². The predicted octanol–water partition coefficient (Wildman–Crippen LogP) is 3.25. The van der Waals surface area contributed by atoms with E-state index in [1.165, 1.54) is 19.3 Å². The van der Waals surface area contributed by atoms with Crippen LogP contribution < -0.4 is 0 Å². The van der Waals surface area contributed by atoms with Crippen LogP contribution in [0.1, 0.15) is 26.2 Å². The van der Waals surface area contributed by atoms with Gasteiger partial charge in [0.05, 0.1) is 24.7 Å². The molecule has 0 aromatic carbocycles. The molecule has 1 aliphatic rings. The average Bonchev–Trinajstić information content (AvgIpc) is 2.20. The molecule has 0 amide bonds. The van der Waals surface area contributed by atoms with Crippen molar-refractivity contribution in [2.45, 2.75) is 31.8 Å². The Hall–Kier alpha value is 0.940. The quantitative estimate of drug-likeness (QED) is 0.381. The molecule has 0 spiro atoms. The Kier molecular flexibility index (Phi) is 6.82. The summed E-state index contributed by atoms with van der Waals surface area (Å²) in [5, 5.41) is 0. The van der Waals surface area contributed by atoms with Gasteiger partial charge in [-0.05, 0) is 25.7 Å². The van der Waals surface area contributed by atoms with Gasteiger partial charge in [-0.2, -0.15) is 0 Å². The highest BCUT2D eigenvalue weighted by Crippen LogP contribution is 2.26. The lowest BCUT2D eigenvalue weighted by Gasteiger charge is -2.27. The van der Waals surface area contributed by atoms with Gasteiger partial charge in [0.2, 0.25) is 0 Å². The molecule has 0 aromatic rings. The summed E-state index contributed by atoms with van der Waals surface area (Å²) in [5.74, 6) is 1.35. The zero-order valence-corrected chi connectivity index (χ0v) is 12.2. The Morgan fingerprint density at radius 3 is 2.60 bits per heavy atom. The minimum atomic E-state index is -0.193. The molecule has 4 heteroatoms. The zero-order chi connectivity index (χ0) is 11.1. The SMILES string of the molecule is CC(CCl)(CI)OCCOCC1CCC1. The second-order valence-corrected chi connectivity index (χ2v) is 5.47. The molecule has 1 saturated carbocycles. The van der Waals surface area contributed by atoms with Crippen LogP contribution in [0.5, 0.6) is 0 Å². The van der Waals surface area contributed by atoms with Gasteiger partial charge in [-0.15, -0.1) is 11.6 Å². The van der Waals surface area contributed by atoms with E-state index in [2.05, 4.69) is 22.6 Å². The fourth-order valence-electron chi connectivity index (χ4n) is 1.37. The van der Waals surface area contributed by atoms with Crippen LogP contribution in [0, 0.1) is 5.92 Å². The topological polar surface area (TPSA) is 18.5 Å². The summed E-state index contributed by atoms with van der Waals surface area (Å²) in [4.78, 5) is 0. The van der Waals surface area contributed by atoms with Gasteiger partial charge in [-0.25, -0.2) is 0 Å². The summed E-state index contributed by atoms with van der Waals surface area (Å²) in [6, 6.07) is 0. The van der Waals surface area contributed by atoms with Crippen LogP contribution in [0.15, 0.2) is 0 Å². The first-order valence-corrected chi connectivity index (χ1v) is 7.60. The van der Waals surface area contributed by atoms with E-state index in [1.807, 2.05) is 6.92 Å². The third-order valence-electron chi connectivity index (χ3n) is 2.82. The molecule has 2 nitrogen and oxygen atoms in total. The van der Waals surface area contributed by atoms with E-state index >= 15 is 0 Å². The Labute approximate surface area is 111 Å². The van der Waals surface area contributed by atoms with E-state index in [4.69, 9.17) is 21.1 Å². The van der Waals surface area contributed by atoms with Crippen molar-refractivity contribution >= 4 is 34.2 Å².